The molecule has 0 N–H and O–H groups in total. The lowest BCUT2D eigenvalue weighted by molar-refractivity contribution is -0.282. The molecule has 1 aromatic heterocycles. The monoisotopic (exact) mass is 485 g/mol. The Bertz CT molecular complexity index is 1170. The van der Waals surface area contributed by atoms with Crippen LogP contribution in [0, 0.1) is 11.2 Å². The molecule has 11 heteroatoms. The average molecular weight is 485 g/mol. The molecule has 0 bridgehead atoms. The van der Waals surface area contributed by atoms with Crippen LogP contribution in [0.5, 0.6) is 0 Å². The molecule has 180 valence electrons. The van der Waals surface area contributed by atoms with Gasteiger partial charge in [0.05, 0.1) is 5.57 Å². The number of aromatic nitrogens is 1. The van der Waals surface area contributed by atoms with E-state index in [0.29, 0.717) is 0 Å². The number of nitrogens with zero attached hydrogens (tertiary/aromatic N) is 3. The number of alkyl halides is 6. The summed E-state index contributed by atoms with van der Waals surface area (Å²) in [5.41, 5.74) is -7.70. The van der Waals surface area contributed by atoms with Crippen molar-refractivity contribution in [2.24, 2.45) is 10.4 Å². The van der Waals surface area contributed by atoms with E-state index in [0.717, 1.165) is 23.2 Å². The van der Waals surface area contributed by atoms with Crippen molar-refractivity contribution in [3.05, 3.63) is 71.4 Å². The second-order valence-corrected chi connectivity index (χ2v) is 8.96. The lowest BCUT2D eigenvalue weighted by atomic mass is 9.69. The molecule has 0 fully saturated rings. The molecule has 0 atom stereocenters. The molecule has 34 heavy (non-hydrogen) atoms. The van der Waals surface area contributed by atoms with Gasteiger partial charge in [-0.2, -0.15) is 26.3 Å². The maximum Gasteiger partial charge on any atom is 0.427 e. The number of pyridine rings is 1. The Kier molecular flexibility index (Phi) is 5.37. The maximum absolute atomic E-state index is 14.4. The number of benzene rings is 1. The molecule has 0 unspecified atom stereocenters. The first kappa shape index (κ1) is 23.9. The molecule has 4 rings (SSSR count). The fourth-order valence-corrected chi connectivity index (χ4v) is 4.41. The maximum atomic E-state index is 14.4. The van der Waals surface area contributed by atoms with E-state index in [-0.39, 0.29) is 17.7 Å². The Balaban J connectivity index is 2.15. The van der Waals surface area contributed by atoms with Gasteiger partial charge in [-0.3, -0.25) is 14.7 Å². The Labute approximate surface area is 189 Å². The van der Waals surface area contributed by atoms with Crippen molar-refractivity contribution in [3.8, 4) is 0 Å². The summed E-state index contributed by atoms with van der Waals surface area (Å²) in [7, 11) is 0. The Hall–Kier alpha value is -3.24. The number of anilines is 1. The minimum atomic E-state index is -5.97. The number of allylic oxidation sites excluding steroid dienone is 1. The summed E-state index contributed by atoms with van der Waals surface area (Å²) in [6, 6.07) is 7.03. The van der Waals surface area contributed by atoms with E-state index in [1.807, 2.05) is 0 Å². The molecular weight excluding hydrogens is 467 g/mol. The van der Waals surface area contributed by atoms with Gasteiger partial charge in [-0.05, 0) is 48.2 Å². The first-order valence-corrected chi connectivity index (χ1v) is 10.1. The van der Waals surface area contributed by atoms with Crippen LogP contribution in [-0.4, -0.2) is 34.5 Å². The number of hydrogen-bond acceptors (Lipinski definition) is 4. The highest BCUT2D eigenvalue weighted by Gasteiger charge is 2.77. The highest BCUT2D eigenvalue weighted by molar-refractivity contribution is 6.16. The van der Waals surface area contributed by atoms with E-state index >= 15 is 0 Å². The van der Waals surface area contributed by atoms with Gasteiger partial charge in [-0.1, -0.05) is 13.8 Å². The van der Waals surface area contributed by atoms with Crippen molar-refractivity contribution in [2.75, 3.05) is 4.90 Å². The van der Waals surface area contributed by atoms with E-state index in [1.54, 1.807) is 13.8 Å². The lowest BCUT2D eigenvalue weighted by Crippen LogP contribution is -2.63. The van der Waals surface area contributed by atoms with E-state index in [1.165, 1.54) is 30.5 Å². The predicted octanol–water partition coefficient (Wildman–Crippen LogP) is 5.99. The van der Waals surface area contributed by atoms with E-state index < -0.39 is 58.4 Å². The summed E-state index contributed by atoms with van der Waals surface area (Å²) in [6.45, 7) is 3.16. The van der Waals surface area contributed by atoms with Crippen molar-refractivity contribution in [1.29, 1.82) is 0 Å². The molecule has 2 aliphatic rings. The third-order valence-corrected chi connectivity index (χ3v) is 5.79. The Morgan fingerprint density at radius 1 is 0.941 bits per heavy atom. The summed E-state index contributed by atoms with van der Waals surface area (Å²) in [4.78, 5) is 21.1. The Morgan fingerprint density at radius 2 is 1.56 bits per heavy atom. The highest BCUT2D eigenvalue weighted by Crippen LogP contribution is 2.57. The second-order valence-electron chi connectivity index (χ2n) is 8.96. The minimum absolute atomic E-state index is 0.0555. The van der Waals surface area contributed by atoms with Gasteiger partial charge in [0.1, 0.15) is 11.7 Å². The molecule has 0 amide bonds. The SMILES string of the molecule is CC1(C)CC(=O)C2=C(C1)N(c1ccc(F)cc1)C(c1cccnc1)=NC2(C(F)(F)F)C(F)(F)F. The lowest BCUT2D eigenvalue weighted by Gasteiger charge is -2.48. The van der Waals surface area contributed by atoms with Crippen LogP contribution in [-0.2, 0) is 4.79 Å². The zero-order chi connectivity index (χ0) is 25.1. The topological polar surface area (TPSA) is 45.6 Å². The molecule has 2 aromatic rings. The van der Waals surface area contributed by atoms with Crippen LogP contribution < -0.4 is 4.90 Å². The number of carbonyl (C=O) groups is 1. The molecule has 1 aliphatic carbocycles. The predicted molar refractivity (Wildman–Crippen MR) is 110 cm³/mol. The van der Waals surface area contributed by atoms with Gasteiger partial charge in [0.15, 0.2) is 5.78 Å². The van der Waals surface area contributed by atoms with Gasteiger partial charge in [0, 0.05) is 35.8 Å². The van der Waals surface area contributed by atoms with Crippen LogP contribution >= 0.6 is 0 Å². The third-order valence-electron chi connectivity index (χ3n) is 5.79. The van der Waals surface area contributed by atoms with Gasteiger partial charge >= 0.3 is 12.4 Å². The molecule has 0 radical (unpaired) electrons. The number of Topliss-reactive ketones (excluding diaryl/α,β-unsaturated/α-hetero) is 1. The van der Waals surface area contributed by atoms with Crippen molar-refractivity contribution in [2.45, 2.75) is 44.6 Å². The molecule has 4 nitrogen and oxygen atoms in total. The van der Waals surface area contributed by atoms with Crippen molar-refractivity contribution in [1.82, 2.24) is 4.98 Å². The van der Waals surface area contributed by atoms with Crippen LogP contribution in [0.25, 0.3) is 0 Å². The average Bonchev–Trinajstić information content (AvgIpc) is 2.71. The fourth-order valence-electron chi connectivity index (χ4n) is 4.41. The molecule has 1 aliphatic heterocycles. The van der Waals surface area contributed by atoms with Crippen LogP contribution in [0.15, 0.2) is 65.1 Å². The zero-order valence-electron chi connectivity index (χ0n) is 17.9. The van der Waals surface area contributed by atoms with Crippen molar-refractivity contribution < 1.29 is 35.5 Å². The van der Waals surface area contributed by atoms with E-state index in [4.69, 9.17) is 0 Å². The first-order valence-electron chi connectivity index (χ1n) is 10.1. The number of ketones is 1. The zero-order valence-corrected chi connectivity index (χ0v) is 17.9. The molecule has 0 spiro atoms. The number of carbonyl (C=O) groups excluding carboxylic acids is 1. The van der Waals surface area contributed by atoms with Crippen LogP contribution in [0.1, 0.15) is 32.3 Å². The number of rotatable bonds is 2. The van der Waals surface area contributed by atoms with Gasteiger partial charge in [0.25, 0.3) is 5.54 Å². The third kappa shape index (κ3) is 3.67. The summed E-state index contributed by atoms with van der Waals surface area (Å²) in [5, 5.41) is 0. The second kappa shape index (κ2) is 7.64. The molecule has 0 saturated heterocycles. The largest absolute Gasteiger partial charge is 0.427 e. The van der Waals surface area contributed by atoms with Crippen molar-refractivity contribution >= 4 is 17.3 Å². The summed E-state index contributed by atoms with van der Waals surface area (Å²) < 4.78 is 100. The van der Waals surface area contributed by atoms with Gasteiger partial charge in [-0.25, -0.2) is 9.38 Å². The quantitative estimate of drug-likeness (QED) is 0.491. The van der Waals surface area contributed by atoms with Crippen LogP contribution in [0.2, 0.25) is 0 Å². The van der Waals surface area contributed by atoms with Crippen molar-refractivity contribution in [3.63, 3.8) is 0 Å². The summed E-state index contributed by atoms with van der Waals surface area (Å²) in [6.07, 6.45) is -10.4. The smallest absolute Gasteiger partial charge is 0.298 e. The number of amidine groups is 1. The number of hydrogen-bond donors (Lipinski definition) is 0. The van der Waals surface area contributed by atoms with Gasteiger partial charge < -0.3 is 0 Å². The molecule has 2 heterocycles. The Morgan fingerprint density at radius 3 is 2.09 bits per heavy atom. The van der Waals surface area contributed by atoms with Gasteiger partial charge in [0.2, 0.25) is 0 Å². The number of aliphatic imine (C=N–C) groups is 1. The van der Waals surface area contributed by atoms with E-state index in [2.05, 4.69) is 9.98 Å². The normalized spacial score (nSPS) is 20.2. The van der Waals surface area contributed by atoms with Crippen LogP contribution in [0.4, 0.5) is 36.4 Å². The molecule has 0 saturated carbocycles. The summed E-state index contributed by atoms with van der Waals surface area (Å²) in [5.74, 6) is -2.64. The molecule has 1 aromatic carbocycles. The summed E-state index contributed by atoms with van der Waals surface area (Å²) >= 11 is 0. The standard InChI is InChI=1S/C23H18F7N3O/c1-20(2)10-16-18(17(34)11-20)21(22(25,26)27,23(28,29)30)32-19(13-4-3-9-31-12-13)33(16)15-7-5-14(24)6-8-15/h3-9,12H,10-11H2,1-2H3. The highest BCUT2D eigenvalue weighted by atomic mass is 19.4. The minimum Gasteiger partial charge on any atom is -0.298 e. The van der Waals surface area contributed by atoms with Crippen LogP contribution in [0.3, 0.4) is 0 Å². The fraction of sp³-hybridized carbons (Fsp3) is 0.348. The van der Waals surface area contributed by atoms with E-state index in [9.17, 15) is 35.5 Å². The number of halogens is 7. The first-order chi connectivity index (χ1) is 15.7. The molecular formula is C23H18F7N3O. The van der Waals surface area contributed by atoms with Gasteiger partial charge in [-0.15, -0.1) is 0 Å².